The summed E-state index contributed by atoms with van der Waals surface area (Å²) in [5.41, 5.74) is 1.20. The Hall–Kier alpha value is -1.87. The van der Waals surface area contributed by atoms with Crippen LogP contribution >= 0.6 is 0 Å². The highest BCUT2D eigenvalue weighted by Crippen LogP contribution is 2.61. The summed E-state index contributed by atoms with van der Waals surface area (Å²) in [4.78, 5) is 3.29. The molecule has 0 aliphatic heterocycles. The average Bonchev–Trinajstić information content (AvgIpc) is 2.46. The van der Waals surface area contributed by atoms with E-state index in [9.17, 15) is 4.39 Å². The maximum atomic E-state index is 14.0. The van der Waals surface area contributed by atoms with E-state index in [0.717, 1.165) is 42.6 Å². The van der Waals surface area contributed by atoms with Crippen molar-refractivity contribution in [2.24, 2.45) is 17.8 Å². The van der Waals surface area contributed by atoms with Gasteiger partial charge in [0.05, 0.1) is 12.1 Å². The molecule has 2 nitrogen and oxygen atoms in total. The van der Waals surface area contributed by atoms with E-state index in [4.69, 9.17) is 11.8 Å². The van der Waals surface area contributed by atoms with Crippen LogP contribution in [0.25, 0.3) is 4.85 Å². The number of nitrogens with zero attached hydrogens (tertiary/aromatic N) is 2. The topological polar surface area (TPSA) is 28.1 Å². The van der Waals surface area contributed by atoms with Gasteiger partial charge in [-0.15, -0.1) is 0 Å². The lowest BCUT2D eigenvalue weighted by Crippen LogP contribution is -2.48. The summed E-state index contributed by atoms with van der Waals surface area (Å²) in [7, 11) is 0. The van der Waals surface area contributed by atoms with Crippen molar-refractivity contribution in [2.75, 3.05) is 0 Å². The second-order valence-electron chi connectivity index (χ2n) is 7.28. The van der Waals surface area contributed by atoms with Crippen LogP contribution in [0.4, 0.5) is 10.1 Å². The summed E-state index contributed by atoms with van der Waals surface area (Å²) in [6.45, 7) is 7.17. The van der Waals surface area contributed by atoms with E-state index < -0.39 is 5.82 Å². The third-order valence-electron chi connectivity index (χ3n) is 5.94. The lowest BCUT2D eigenvalue weighted by molar-refractivity contribution is -0.00519. The predicted octanol–water partition coefficient (Wildman–Crippen LogP) is 4.72. The Morgan fingerprint density at radius 1 is 1.14 bits per heavy atom. The van der Waals surface area contributed by atoms with Crippen molar-refractivity contribution < 1.29 is 4.39 Å². The smallest absolute Gasteiger partial charge is 0.223 e. The van der Waals surface area contributed by atoms with E-state index >= 15 is 0 Å². The van der Waals surface area contributed by atoms with Crippen molar-refractivity contribution in [1.82, 2.24) is 0 Å². The molecule has 4 aliphatic carbocycles. The number of hydrogen-bond acceptors (Lipinski definition) is 1. The number of benzene rings is 1. The van der Waals surface area contributed by atoms with Gasteiger partial charge >= 0.3 is 0 Å². The quantitative estimate of drug-likeness (QED) is 0.684. The third kappa shape index (κ3) is 1.80. The van der Waals surface area contributed by atoms with Gasteiger partial charge in [0.25, 0.3) is 0 Å². The molecule has 5 rings (SSSR count). The molecule has 3 heteroatoms. The number of nitriles is 1. The Labute approximate surface area is 124 Å². The molecule has 1 aromatic rings. The molecule has 4 aliphatic rings. The van der Waals surface area contributed by atoms with Gasteiger partial charge < -0.3 is 0 Å². The highest BCUT2D eigenvalue weighted by atomic mass is 19.1. The molecule has 0 radical (unpaired) electrons. The average molecular weight is 280 g/mol. The van der Waals surface area contributed by atoms with Gasteiger partial charge in [-0.3, -0.25) is 0 Å². The molecule has 4 fully saturated rings. The molecular weight excluding hydrogens is 263 g/mol. The molecular formula is C18H17FN2. The number of halogens is 1. The first-order chi connectivity index (χ1) is 10.1. The first kappa shape index (κ1) is 12.8. The van der Waals surface area contributed by atoms with Gasteiger partial charge in [-0.25, -0.2) is 9.24 Å². The van der Waals surface area contributed by atoms with Crippen molar-refractivity contribution in [1.29, 1.82) is 5.26 Å². The minimum atomic E-state index is -0.652. The number of rotatable bonds is 1. The fraction of sp³-hybridized carbons (Fsp3) is 0.556. The summed E-state index contributed by atoms with van der Waals surface area (Å²) in [6, 6.07) is 5.36. The zero-order valence-electron chi connectivity index (χ0n) is 11.9. The van der Waals surface area contributed by atoms with Crippen molar-refractivity contribution in [3.8, 4) is 6.07 Å². The minimum absolute atomic E-state index is 0.0137. The van der Waals surface area contributed by atoms with Crippen molar-refractivity contribution in [3.05, 3.63) is 40.5 Å². The van der Waals surface area contributed by atoms with Gasteiger partial charge in [-0.2, -0.15) is 5.26 Å². The Morgan fingerprint density at radius 3 is 2.19 bits per heavy atom. The zero-order chi connectivity index (χ0) is 14.6. The van der Waals surface area contributed by atoms with Crippen LogP contribution in [0.2, 0.25) is 0 Å². The van der Waals surface area contributed by atoms with Gasteiger partial charge in [0.15, 0.2) is 0 Å². The summed E-state index contributed by atoms with van der Waals surface area (Å²) >= 11 is 0. The SMILES string of the molecule is [C-]#[N+]c1cc(C23CC4CC(CC(C4)C2)C3)cc(C#N)c1F. The third-order valence-corrected chi connectivity index (χ3v) is 5.94. The van der Waals surface area contributed by atoms with Crippen LogP contribution in [0, 0.1) is 41.5 Å². The summed E-state index contributed by atoms with van der Waals surface area (Å²) in [6.07, 6.45) is 7.52. The molecule has 0 aromatic heterocycles. The molecule has 0 saturated heterocycles. The summed E-state index contributed by atoms with van der Waals surface area (Å²) in [5, 5.41) is 9.15. The lowest BCUT2D eigenvalue weighted by atomic mass is 9.48. The Morgan fingerprint density at radius 2 is 1.71 bits per heavy atom. The highest BCUT2D eigenvalue weighted by molar-refractivity contribution is 5.56. The molecule has 0 N–H and O–H groups in total. The largest absolute Gasteiger partial charge is 0.235 e. The normalized spacial score (nSPS) is 36.2. The monoisotopic (exact) mass is 280 g/mol. The van der Waals surface area contributed by atoms with Gasteiger partial charge in [0.2, 0.25) is 5.69 Å². The van der Waals surface area contributed by atoms with Crippen LogP contribution in [0.15, 0.2) is 12.1 Å². The van der Waals surface area contributed by atoms with E-state index in [0.29, 0.717) is 0 Å². The predicted molar refractivity (Wildman–Crippen MR) is 77.2 cm³/mol. The van der Waals surface area contributed by atoms with Crippen LogP contribution in [-0.2, 0) is 5.41 Å². The van der Waals surface area contributed by atoms with E-state index in [1.165, 1.54) is 19.3 Å². The van der Waals surface area contributed by atoms with Crippen LogP contribution in [0.5, 0.6) is 0 Å². The van der Waals surface area contributed by atoms with Crippen LogP contribution in [-0.4, -0.2) is 0 Å². The molecule has 21 heavy (non-hydrogen) atoms. The zero-order valence-corrected chi connectivity index (χ0v) is 11.9. The highest BCUT2D eigenvalue weighted by Gasteiger charge is 2.51. The van der Waals surface area contributed by atoms with Crippen molar-refractivity contribution >= 4 is 5.69 Å². The van der Waals surface area contributed by atoms with Gasteiger partial charge in [0, 0.05) is 0 Å². The minimum Gasteiger partial charge on any atom is -0.235 e. The van der Waals surface area contributed by atoms with Crippen LogP contribution in [0.1, 0.15) is 49.7 Å². The van der Waals surface area contributed by atoms with Gasteiger partial charge in [0.1, 0.15) is 11.9 Å². The fourth-order valence-corrected chi connectivity index (χ4v) is 5.54. The molecule has 1 aromatic carbocycles. The molecule has 106 valence electrons. The van der Waals surface area contributed by atoms with Crippen molar-refractivity contribution in [2.45, 2.75) is 43.9 Å². The van der Waals surface area contributed by atoms with Gasteiger partial charge in [-0.1, -0.05) is 5.56 Å². The van der Waals surface area contributed by atoms with Gasteiger partial charge in [-0.05, 0) is 73.8 Å². The summed E-state index contributed by atoms with van der Waals surface area (Å²) < 4.78 is 14.0. The molecule has 0 atom stereocenters. The lowest BCUT2D eigenvalue weighted by Gasteiger charge is -2.57. The van der Waals surface area contributed by atoms with Crippen molar-refractivity contribution in [3.63, 3.8) is 0 Å². The molecule has 0 unspecified atom stereocenters. The van der Waals surface area contributed by atoms with E-state index in [2.05, 4.69) is 4.85 Å². The Bertz CT molecular complexity index is 622. The molecule has 0 spiro atoms. The maximum Gasteiger partial charge on any atom is 0.223 e. The molecule has 0 amide bonds. The Balaban J connectivity index is 1.84. The second-order valence-corrected chi connectivity index (χ2v) is 7.28. The van der Waals surface area contributed by atoms with Crippen LogP contribution < -0.4 is 0 Å². The number of hydrogen-bond donors (Lipinski definition) is 0. The maximum absolute atomic E-state index is 14.0. The fourth-order valence-electron chi connectivity index (χ4n) is 5.54. The van der Waals surface area contributed by atoms with E-state index in [1.807, 2.05) is 6.07 Å². The molecule has 4 saturated carbocycles. The van der Waals surface area contributed by atoms with Crippen LogP contribution in [0.3, 0.4) is 0 Å². The van der Waals surface area contributed by atoms with E-state index in [-0.39, 0.29) is 16.7 Å². The second kappa shape index (κ2) is 4.31. The molecule has 4 bridgehead atoms. The Kier molecular flexibility index (Phi) is 2.64. The first-order valence-electron chi connectivity index (χ1n) is 7.75. The first-order valence-corrected chi connectivity index (χ1v) is 7.75. The summed E-state index contributed by atoms with van der Waals surface area (Å²) in [5.74, 6) is 1.73. The van der Waals surface area contributed by atoms with E-state index in [1.54, 1.807) is 12.1 Å². The standard InChI is InChI=1S/C18H17FN2/c1-21-16-6-15(5-14(10-20)17(16)19)18-7-11-2-12(8-18)4-13(3-11)9-18/h5-6,11-13H,2-4,7-9H2. The molecule has 0 heterocycles.